The second-order valence-corrected chi connectivity index (χ2v) is 3.23. The lowest BCUT2D eigenvalue weighted by molar-refractivity contribution is 0.266. The van der Waals surface area contributed by atoms with Gasteiger partial charge in [0.25, 0.3) is 5.56 Å². The highest BCUT2D eigenvalue weighted by atomic mass is 16.5. The molecule has 1 aromatic rings. The summed E-state index contributed by atoms with van der Waals surface area (Å²) >= 11 is 0. The van der Waals surface area contributed by atoms with Crippen LogP contribution < -0.4 is 5.56 Å². The smallest absolute Gasteiger partial charge is 0.286 e. The van der Waals surface area contributed by atoms with Crippen LogP contribution in [0, 0.1) is 6.92 Å². The van der Waals surface area contributed by atoms with Gasteiger partial charge in [-0.15, -0.1) is 0 Å². The van der Waals surface area contributed by atoms with Crippen molar-refractivity contribution in [1.29, 1.82) is 0 Å². The number of rotatable bonds is 4. The second kappa shape index (κ2) is 4.84. The largest absolute Gasteiger partial charge is 0.381 e. The highest BCUT2D eigenvalue weighted by Crippen LogP contribution is 2.03. The van der Waals surface area contributed by atoms with E-state index in [0.29, 0.717) is 6.54 Å². The first kappa shape index (κ1) is 10.8. The molecule has 0 bridgehead atoms. The summed E-state index contributed by atoms with van der Waals surface area (Å²) in [6.07, 6.45) is 5.69. The summed E-state index contributed by atoms with van der Waals surface area (Å²) in [5.41, 5.74) is 0.792. The Morgan fingerprint density at radius 3 is 2.57 bits per heavy atom. The number of aromatic nitrogens is 1. The van der Waals surface area contributed by atoms with Crippen molar-refractivity contribution in [3.8, 4) is 0 Å². The first-order chi connectivity index (χ1) is 6.70. The SMILES string of the molecule is CC/C=C/Cn1oc(C)c(CC)c1=O. The van der Waals surface area contributed by atoms with E-state index in [4.69, 9.17) is 4.52 Å². The monoisotopic (exact) mass is 195 g/mol. The van der Waals surface area contributed by atoms with E-state index < -0.39 is 0 Å². The van der Waals surface area contributed by atoms with Gasteiger partial charge in [-0.2, -0.15) is 4.74 Å². The molecule has 0 fully saturated rings. The Hall–Kier alpha value is -1.25. The van der Waals surface area contributed by atoms with Crippen LogP contribution in [0.25, 0.3) is 0 Å². The zero-order chi connectivity index (χ0) is 10.6. The van der Waals surface area contributed by atoms with Crippen LogP contribution in [0.15, 0.2) is 21.5 Å². The number of aryl methyl sites for hydroxylation is 1. The molecule has 0 radical (unpaired) electrons. The average molecular weight is 195 g/mol. The van der Waals surface area contributed by atoms with Gasteiger partial charge < -0.3 is 4.52 Å². The average Bonchev–Trinajstić information content (AvgIpc) is 2.42. The van der Waals surface area contributed by atoms with Gasteiger partial charge >= 0.3 is 0 Å². The normalized spacial score (nSPS) is 11.4. The van der Waals surface area contributed by atoms with E-state index in [1.54, 1.807) is 0 Å². The molecule has 1 aromatic heterocycles. The van der Waals surface area contributed by atoms with E-state index in [9.17, 15) is 4.79 Å². The maximum absolute atomic E-state index is 11.7. The molecule has 0 aliphatic carbocycles. The van der Waals surface area contributed by atoms with E-state index in [0.717, 1.165) is 24.2 Å². The molecule has 0 atom stereocenters. The van der Waals surface area contributed by atoms with Crippen LogP contribution in [0.5, 0.6) is 0 Å². The van der Waals surface area contributed by atoms with E-state index in [2.05, 4.69) is 6.92 Å². The third-order valence-corrected chi connectivity index (χ3v) is 2.18. The number of nitrogens with zero attached hydrogens (tertiary/aromatic N) is 1. The molecule has 0 aromatic carbocycles. The van der Waals surface area contributed by atoms with Crippen LogP contribution in [-0.2, 0) is 13.0 Å². The summed E-state index contributed by atoms with van der Waals surface area (Å²) in [5, 5.41) is 0. The van der Waals surface area contributed by atoms with Gasteiger partial charge in [-0.1, -0.05) is 26.0 Å². The molecule has 3 nitrogen and oxygen atoms in total. The molecule has 1 heterocycles. The third kappa shape index (κ3) is 2.16. The lowest BCUT2D eigenvalue weighted by atomic mass is 10.2. The number of allylic oxidation sites excluding steroid dienone is 2. The maximum atomic E-state index is 11.7. The molecule has 0 spiro atoms. The summed E-state index contributed by atoms with van der Waals surface area (Å²) in [6, 6.07) is 0. The van der Waals surface area contributed by atoms with E-state index >= 15 is 0 Å². The number of hydrogen-bond donors (Lipinski definition) is 0. The minimum atomic E-state index is 0.00533. The fourth-order valence-corrected chi connectivity index (χ4v) is 1.42. The quantitative estimate of drug-likeness (QED) is 0.691. The van der Waals surface area contributed by atoms with Crippen LogP contribution in [0.1, 0.15) is 31.6 Å². The molecular formula is C11H17NO2. The molecule has 0 unspecified atom stereocenters. The van der Waals surface area contributed by atoms with Gasteiger partial charge in [0.1, 0.15) is 5.76 Å². The minimum absolute atomic E-state index is 0.00533. The summed E-state index contributed by atoms with van der Waals surface area (Å²) < 4.78 is 6.74. The number of hydrogen-bond acceptors (Lipinski definition) is 2. The predicted octanol–water partition coefficient (Wildman–Crippen LogP) is 2.28. The van der Waals surface area contributed by atoms with Gasteiger partial charge in [0.15, 0.2) is 0 Å². The summed E-state index contributed by atoms with van der Waals surface area (Å²) in [5.74, 6) is 0.738. The van der Waals surface area contributed by atoms with Crippen LogP contribution in [0.4, 0.5) is 0 Å². The Balaban J connectivity index is 2.89. The summed E-state index contributed by atoms with van der Waals surface area (Å²) in [7, 11) is 0. The first-order valence-electron chi connectivity index (χ1n) is 5.05. The van der Waals surface area contributed by atoms with E-state index in [1.165, 1.54) is 4.74 Å². The van der Waals surface area contributed by atoms with Gasteiger partial charge in [-0.05, 0) is 19.8 Å². The molecule has 3 heteroatoms. The van der Waals surface area contributed by atoms with Crippen LogP contribution in [0.3, 0.4) is 0 Å². The lowest BCUT2D eigenvalue weighted by Crippen LogP contribution is -2.16. The van der Waals surface area contributed by atoms with Crippen molar-refractivity contribution in [2.75, 3.05) is 0 Å². The van der Waals surface area contributed by atoms with Crippen molar-refractivity contribution in [2.45, 2.75) is 40.2 Å². The highest BCUT2D eigenvalue weighted by Gasteiger charge is 2.09. The Morgan fingerprint density at radius 2 is 2.07 bits per heavy atom. The second-order valence-electron chi connectivity index (χ2n) is 3.23. The molecule has 78 valence electrons. The Labute approximate surface area is 84.0 Å². The topological polar surface area (TPSA) is 35.1 Å². The van der Waals surface area contributed by atoms with Gasteiger partial charge in [0.05, 0.1) is 12.1 Å². The molecule has 0 aliphatic heterocycles. The lowest BCUT2D eigenvalue weighted by Gasteiger charge is -1.91. The fraction of sp³-hybridized carbons (Fsp3) is 0.545. The van der Waals surface area contributed by atoms with Gasteiger partial charge in [-0.3, -0.25) is 4.79 Å². The molecule has 0 saturated carbocycles. The summed E-state index contributed by atoms with van der Waals surface area (Å²) in [6.45, 7) is 6.39. The summed E-state index contributed by atoms with van der Waals surface area (Å²) in [4.78, 5) is 11.7. The standard InChI is InChI=1S/C11H17NO2/c1-4-6-7-8-12-11(13)10(5-2)9(3)14-12/h6-7H,4-5,8H2,1-3H3/b7-6+. The Bertz CT molecular complexity index is 371. The van der Waals surface area contributed by atoms with Crippen molar-refractivity contribution in [3.63, 3.8) is 0 Å². The van der Waals surface area contributed by atoms with E-state index in [1.807, 2.05) is 26.0 Å². The first-order valence-corrected chi connectivity index (χ1v) is 5.05. The van der Waals surface area contributed by atoms with Crippen LogP contribution in [-0.4, -0.2) is 4.74 Å². The van der Waals surface area contributed by atoms with Crippen molar-refractivity contribution >= 4 is 0 Å². The van der Waals surface area contributed by atoms with Gasteiger partial charge in [-0.25, -0.2) is 0 Å². The Morgan fingerprint density at radius 1 is 1.36 bits per heavy atom. The molecule has 0 amide bonds. The molecule has 0 N–H and O–H groups in total. The zero-order valence-electron chi connectivity index (χ0n) is 9.04. The van der Waals surface area contributed by atoms with Gasteiger partial charge in [0.2, 0.25) is 0 Å². The van der Waals surface area contributed by atoms with Crippen molar-refractivity contribution in [2.24, 2.45) is 0 Å². The predicted molar refractivity (Wildman–Crippen MR) is 56.5 cm³/mol. The highest BCUT2D eigenvalue weighted by molar-refractivity contribution is 5.12. The molecule has 1 rings (SSSR count). The fourth-order valence-electron chi connectivity index (χ4n) is 1.42. The van der Waals surface area contributed by atoms with Gasteiger partial charge in [0, 0.05) is 0 Å². The molecule has 14 heavy (non-hydrogen) atoms. The van der Waals surface area contributed by atoms with E-state index in [-0.39, 0.29) is 5.56 Å². The van der Waals surface area contributed by atoms with Crippen molar-refractivity contribution < 1.29 is 4.52 Å². The van der Waals surface area contributed by atoms with Crippen molar-refractivity contribution in [3.05, 3.63) is 33.8 Å². The van der Waals surface area contributed by atoms with Crippen LogP contribution in [0.2, 0.25) is 0 Å². The molecule has 0 saturated heterocycles. The Kier molecular flexibility index (Phi) is 3.74. The van der Waals surface area contributed by atoms with Crippen molar-refractivity contribution in [1.82, 2.24) is 4.74 Å². The minimum Gasteiger partial charge on any atom is -0.381 e. The zero-order valence-corrected chi connectivity index (χ0v) is 9.04. The third-order valence-electron chi connectivity index (χ3n) is 2.18. The molecular weight excluding hydrogens is 178 g/mol. The van der Waals surface area contributed by atoms with Crippen LogP contribution >= 0.6 is 0 Å². The maximum Gasteiger partial charge on any atom is 0.286 e. The molecule has 0 aliphatic rings.